The Morgan fingerprint density at radius 3 is 2.45 bits per heavy atom. The molecule has 1 saturated carbocycles. The largest absolute Gasteiger partial charge is 0.497 e. The monoisotopic (exact) mass is 509 g/mol. The molecule has 6 rings (SSSR count). The van der Waals surface area contributed by atoms with E-state index in [0.717, 1.165) is 60.4 Å². The first-order valence-corrected chi connectivity index (χ1v) is 13.7. The molecular formula is C33H39N3O2. The number of para-hydroxylation sites is 1. The molecular weight excluding hydrogens is 470 g/mol. The molecule has 0 radical (unpaired) electrons. The van der Waals surface area contributed by atoms with E-state index in [-0.39, 0.29) is 0 Å². The molecule has 0 amide bonds. The molecule has 0 spiro atoms. The standard InChI is InChI=1S/C19H19N3.C12H14O2.C2H6/c1-2-22-12-15-9-7-14(11-16(15)13-22)8-10-19-17-5-3-4-6-18(17)20-21-19;1-14-11-6-2-9(3-7-11)8-12(13)10-4-5-10;1-2/h3-11H,2,12-13H2,1H3,(H,20,21);2-3,6-7,10H,4-5,8H2,1H3;1-2H3/b10-8+;;. The zero-order valence-corrected chi connectivity index (χ0v) is 23.0. The zero-order valence-electron chi connectivity index (χ0n) is 23.0. The number of nitrogens with one attached hydrogen (secondary N) is 1. The average Bonchev–Trinajstić information content (AvgIpc) is 3.62. The first kappa shape index (κ1) is 27.3. The quantitative estimate of drug-likeness (QED) is 0.284. The summed E-state index contributed by atoms with van der Waals surface area (Å²) in [7, 11) is 1.64. The van der Waals surface area contributed by atoms with Gasteiger partial charge in [0.05, 0.1) is 18.3 Å². The third-order valence-electron chi connectivity index (χ3n) is 6.97. The van der Waals surface area contributed by atoms with Crippen molar-refractivity contribution in [1.82, 2.24) is 15.1 Å². The number of hydrogen-bond donors (Lipinski definition) is 1. The molecule has 3 aromatic carbocycles. The third kappa shape index (κ3) is 6.99. The molecule has 2 aliphatic rings. The van der Waals surface area contributed by atoms with E-state index in [0.29, 0.717) is 18.1 Å². The summed E-state index contributed by atoms with van der Waals surface area (Å²) in [6.07, 6.45) is 7.00. The van der Waals surface area contributed by atoms with Crippen LogP contribution >= 0.6 is 0 Å². The average molecular weight is 510 g/mol. The van der Waals surface area contributed by atoms with E-state index < -0.39 is 0 Å². The highest BCUT2D eigenvalue weighted by atomic mass is 16.5. The molecule has 38 heavy (non-hydrogen) atoms. The van der Waals surface area contributed by atoms with Gasteiger partial charge in [0, 0.05) is 30.8 Å². The van der Waals surface area contributed by atoms with Crippen LogP contribution in [0.4, 0.5) is 0 Å². The maximum absolute atomic E-state index is 11.5. The number of ether oxygens (including phenoxy) is 1. The van der Waals surface area contributed by atoms with Crippen molar-refractivity contribution in [2.24, 2.45) is 5.92 Å². The van der Waals surface area contributed by atoms with Crippen molar-refractivity contribution < 1.29 is 9.53 Å². The molecule has 1 N–H and O–H groups in total. The lowest BCUT2D eigenvalue weighted by Crippen LogP contribution is -2.14. The van der Waals surface area contributed by atoms with Gasteiger partial charge >= 0.3 is 0 Å². The van der Waals surface area contributed by atoms with Crippen molar-refractivity contribution in [2.45, 2.75) is 53.1 Å². The number of H-pyrrole nitrogens is 1. The molecule has 1 aromatic heterocycles. The van der Waals surface area contributed by atoms with E-state index in [1.54, 1.807) is 7.11 Å². The number of fused-ring (bicyclic) bond motifs is 2. The highest BCUT2D eigenvalue weighted by Gasteiger charge is 2.28. The number of Topliss-reactive ketones (excluding diaryl/α,β-unsaturated/α-hetero) is 1. The summed E-state index contributed by atoms with van der Waals surface area (Å²) in [4.78, 5) is 14.0. The van der Waals surface area contributed by atoms with E-state index >= 15 is 0 Å². The van der Waals surface area contributed by atoms with E-state index in [9.17, 15) is 4.79 Å². The van der Waals surface area contributed by atoms with E-state index in [1.807, 2.05) is 50.2 Å². The molecule has 2 heterocycles. The van der Waals surface area contributed by atoms with Gasteiger partial charge in [0.2, 0.25) is 0 Å². The summed E-state index contributed by atoms with van der Waals surface area (Å²) in [5.41, 5.74) is 7.31. The molecule has 5 heteroatoms. The Bertz CT molecular complexity index is 1370. The van der Waals surface area contributed by atoms with Crippen LogP contribution in [-0.4, -0.2) is 34.5 Å². The number of hydrogen-bond acceptors (Lipinski definition) is 4. The van der Waals surface area contributed by atoms with Crippen molar-refractivity contribution in [1.29, 1.82) is 0 Å². The van der Waals surface area contributed by atoms with Crippen molar-refractivity contribution in [3.05, 3.63) is 94.7 Å². The summed E-state index contributed by atoms with van der Waals surface area (Å²) in [6.45, 7) is 9.48. The first-order valence-electron chi connectivity index (χ1n) is 13.7. The van der Waals surface area contributed by atoms with Crippen LogP contribution in [0, 0.1) is 5.92 Å². The molecule has 198 valence electrons. The van der Waals surface area contributed by atoms with Crippen LogP contribution in [0.3, 0.4) is 0 Å². The van der Waals surface area contributed by atoms with Crippen molar-refractivity contribution in [2.75, 3.05) is 13.7 Å². The van der Waals surface area contributed by atoms with Gasteiger partial charge in [-0.25, -0.2) is 0 Å². The maximum atomic E-state index is 11.5. The number of nitrogens with zero attached hydrogens (tertiary/aromatic N) is 2. The zero-order chi connectivity index (χ0) is 26.9. The van der Waals surface area contributed by atoms with E-state index in [1.165, 1.54) is 16.7 Å². The molecule has 5 nitrogen and oxygen atoms in total. The number of aromatic amines is 1. The number of benzene rings is 3. The maximum Gasteiger partial charge on any atom is 0.140 e. The van der Waals surface area contributed by atoms with Gasteiger partial charge < -0.3 is 4.74 Å². The third-order valence-corrected chi connectivity index (χ3v) is 6.97. The molecule has 1 aliphatic carbocycles. The fourth-order valence-electron chi connectivity index (χ4n) is 4.59. The summed E-state index contributed by atoms with van der Waals surface area (Å²) in [5, 5.41) is 8.62. The lowest BCUT2D eigenvalue weighted by molar-refractivity contribution is -0.119. The molecule has 0 bridgehead atoms. The van der Waals surface area contributed by atoms with Gasteiger partial charge in [-0.2, -0.15) is 5.10 Å². The van der Waals surface area contributed by atoms with Crippen molar-refractivity contribution in [3.8, 4) is 5.75 Å². The predicted octanol–water partition coefficient (Wildman–Crippen LogP) is 7.31. The predicted molar refractivity (Wildman–Crippen MR) is 157 cm³/mol. The number of carbonyl (C=O) groups excluding carboxylic acids is 1. The summed E-state index contributed by atoms with van der Waals surface area (Å²) < 4.78 is 5.05. The van der Waals surface area contributed by atoms with Crippen LogP contribution in [0.15, 0.2) is 66.7 Å². The highest BCUT2D eigenvalue weighted by Crippen LogP contribution is 2.31. The van der Waals surface area contributed by atoms with E-state index in [4.69, 9.17) is 4.74 Å². The van der Waals surface area contributed by atoms with Crippen molar-refractivity contribution in [3.63, 3.8) is 0 Å². The lowest BCUT2D eigenvalue weighted by atomic mass is 10.1. The second-order valence-electron chi connectivity index (χ2n) is 9.58. The Morgan fingerprint density at radius 2 is 1.74 bits per heavy atom. The van der Waals surface area contributed by atoms with Crippen LogP contribution < -0.4 is 4.74 Å². The van der Waals surface area contributed by atoms with Crippen LogP contribution in [0.1, 0.15) is 61.6 Å². The lowest BCUT2D eigenvalue weighted by Gasteiger charge is -2.09. The molecule has 0 saturated heterocycles. The minimum Gasteiger partial charge on any atom is -0.497 e. The number of rotatable bonds is 7. The smallest absolute Gasteiger partial charge is 0.140 e. The van der Waals surface area contributed by atoms with Crippen LogP contribution in [-0.2, 0) is 24.3 Å². The topological polar surface area (TPSA) is 58.2 Å². The normalized spacial score (nSPS) is 14.4. The van der Waals surface area contributed by atoms with E-state index in [2.05, 4.69) is 64.5 Å². The number of aromatic nitrogens is 2. The van der Waals surface area contributed by atoms with Gasteiger partial charge in [-0.05, 0) is 65.9 Å². The summed E-state index contributed by atoms with van der Waals surface area (Å²) in [5.74, 6) is 1.58. The van der Waals surface area contributed by atoms with Gasteiger partial charge in [-0.1, -0.05) is 75.4 Å². The molecule has 1 aliphatic heterocycles. The fourth-order valence-corrected chi connectivity index (χ4v) is 4.59. The van der Waals surface area contributed by atoms with Gasteiger partial charge in [-0.15, -0.1) is 0 Å². The highest BCUT2D eigenvalue weighted by molar-refractivity contribution is 5.89. The second-order valence-corrected chi connectivity index (χ2v) is 9.58. The Kier molecular flexibility index (Phi) is 9.50. The van der Waals surface area contributed by atoms with Crippen LogP contribution in [0.2, 0.25) is 0 Å². The first-order chi connectivity index (χ1) is 18.6. The second kappa shape index (κ2) is 13.2. The van der Waals surface area contributed by atoms with Gasteiger partial charge in [0.15, 0.2) is 0 Å². The fraction of sp³-hybridized carbons (Fsp3) is 0.333. The Hall–Kier alpha value is -3.70. The van der Waals surface area contributed by atoms with Crippen LogP contribution in [0.5, 0.6) is 5.75 Å². The minimum absolute atomic E-state index is 0.358. The SMILES string of the molecule is CC.CCN1Cc2ccc(/C=C/c3n[nH]c4ccccc34)cc2C1.COc1ccc(CC(=O)C2CC2)cc1. The summed E-state index contributed by atoms with van der Waals surface area (Å²) in [6, 6.07) is 22.7. The van der Waals surface area contributed by atoms with Gasteiger partial charge in [0.25, 0.3) is 0 Å². The molecule has 1 fully saturated rings. The summed E-state index contributed by atoms with van der Waals surface area (Å²) >= 11 is 0. The number of methoxy groups -OCH3 is 1. The Labute approximate surface area is 226 Å². The van der Waals surface area contributed by atoms with Crippen LogP contribution in [0.25, 0.3) is 23.1 Å². The number of ketones is 1. The molecule has 0 atom stereocenters. The van der Waals surface area contributed by atoms with Crippen molar-refractivity contribution >= 4 is 28.8 Å². The molecule has 4 aromatic rings. The Morgan fingerprint density at radius 1 is 1.00 bits per heavy atom. The number of carbonyl (C=O) groups is 1. The minimum atomic E-state index is 0.358. The van der Waals surface area contributed by atoms with Gasteiger partial charge in [0.1, 0.15) is 11.5 Å². The van der Waals surface area contributed by atoms with Gasteiger partial charge in [-0.3, -0.25) is 14.8 Å². The Balaban J connectivity index is 0.000000182. The molecule has 0 unspecified atom stereocenters.